The van der Waals surface area contributed by atoms with Gasteiger partial charge in [0.25, 0.3) is 5.91 Å². The van der Waals surface area contributed by atoms with Crippen molar-refractivity contribution in [3.63, 3.8) is 0 Å². The SMILES string of the molecule is O=C(N[C@H]1CCOC1=O)c1ccc(-n2ccc(C(F)(F)F)n2)cc1. The van der Waals surface area contributed by atoms with E-state index >= 15 is 0 Å². The lowest BCUT2D eigenvalue weighted by Crippen LogP contribution is -2.37. The largest absolute Gasteiger partial charge is 0.464 e. The van der Waals surface area contributed by atoms with Gasteiger partial charge >= 0.3 is 12.1 Å². The van der Waals surface area contributed by atoms with Gasteiger partial charge in [0, 0.05) is 18.2 Å². The lowest BCUT2D eigenvalue weighted by Gasteiger charge is -2.09. The number of benzene rings is 1. The molecule has 0 spiro atoms. The van der Waals surface area contributed by atoms with E-state index in [-0.39, 0.29) is 12.2 Å². The Morgan fingerprint density at radius 2 is 1.96 bits per heavy atom. The Morgan fingerprint density at radius 3 is 2.50 bits per heavy atom. The van der Waals surface area contributed by atoms with Crippen molar-refractivity contribution in [3.05, 3.63) is 47.8 Å². The maximum atomic E-state index is 12.5. The molecule has 9 heteroatoms. The van der Waals surface area contributed by atoms with Gasteiger partial charge in [0.15, 0.2) is 5.69 Å². The lowest BCUT2D eigenvalue weighted by molar-refractivity contribution is -0.141. The van der Waals surface area contributed by atoms with E-state index in [4.69, 9.17) is 4.74 Å². The first-order valence-corrected chi connectivity index (χ1v) is 7.05. The maximum Gasteiger partial charge on any atom is 0.435 e. The molecule has 126 valence electrons. The van der Waals surface area contributed by atoms with Crippen LogP contribution in [-0.4, -0.2) is 34.3 Å². The van der Waals surface area contributed by atoms with Gasteiger partial charge in [0.05, 0.1) is 12.3 Å². The Hall–Kier alpha value is -2.84. The summed E-state index contributed by atoms with van der Waals surface area (Å²) in [6.45, 7) is 0.267. The second-order valence-electron chi connectivity index (χ2n) is 5.17. The monoisotopic (exact) mass is 339 g/mol. The van der Waals surface area contributed by atoms with Crippen molar-refractivity contribution in [1.29, 1.82) is 0 Å². The van der Waals surface area contributed by atoms with Crippen LogP contribution in [0.4, 0.5) is 13.2 Å². The predicted octanol–water partition coefficient (Wildman–Crippen LogP) is 1.94. The molecule has 24 heavy (non-hydrogen) atoms. The Labute approximate surface area is 134 Å². The van der Waals surface area contributed by atoms with Crippen LogP contribution in [0.1, 0.15) is 22.5 Å². The summed E-state index contributed by atoms with van der Waals surface area (Å²) >= 11 is 0. The van der Waals surface area contributed by atoms with Crippen LogP contribution in [0.3, 0.4) is 0 Å². The molecule has 2 heterocycles. The highest BCUT2D eigenvalue weighted by atomic mass is 19.4. The Kier molecular flexibility index (Phi) is 4.00. The second kappa shape index (κ2) is 5.99. The fraction of sp³-hybridized carbons (Fsp3) is 0.267. The van der Waals surface area contributed by atoms with Gasteiger partial charge < -0.3 is 10.1 Å². The van der Waals surface area contributed by atoms with Crippen LogP contribution < -0.4 is 5.32 Å². The van der Waals surface area contributed by atoms with E-state index in [0.717, 1.165) is 10.7 Å². The summed E-state index contributed by atoms with van der Waals surface area (Å²) in [6, 6.07) is 6.02. The van der Waals surface area contributed by atoms with E-state index in [2.05, 4.69) is 10.4 Å². The van der Waals surface area contributed by atoms with Gasteiger partial charge in [-0.3, -0.25) is 4.79 Å². The molecule has 1 aliphatic rings. The molecule has 0 aliphatic carbocycles. The fourth-order valence-electron chi connectivity index (χ4n) is 2.25. The number of hydrogen-bond acceptors (Lipinski definition) is 4. The summed E-state index contributed by atoms with van der Waals surface area (Å²) in [5, 5.41) is 5.99. The third-order valence-electron chi connectivity index (χ3n) is 3.51. The molecule has 0 unspecified atom stereocenters. The zero-order chi connectivity index (χ0) is 17.3. The van der Waals surface area contributed by atoms with Crippen LogP contribution in [0.15, 0.2) is 36.5 Å². The predicted molar refractivity (Wildman–Crippen MR) is 75.4 cm³/mol. The van der Waals surface area contributed by atoms with Crippen molar-refractivity contribution in [1.82, 2.24) is 15.1 Å². The van der Waals surface area contributed by atoms with Gasteiger partial charge in [-0.15, -0.1) is 0 Å². The Balaban J connectivity index is 1.72. The molecule has 1 aromatic carbocycles. The average molecular weight is 339 g/mol. The first kappa shape index (κ1) is 16.0. The number of rotatable bonds is 3. The number of hydrogen-bond donors (Lipinski definition) is 1. The third kappa shape index (κ3) is 3.24. The molecule has 1 N–H and O–H groups in total. The fourth-order valence-corrected chi connectivity index (χ4v) is 2.25. The smallest absolute Gasteiger partial charge is 0.435 e. The molecule has 1 atom stereocenters. The van der Waals surface area contributed by atoms with Crippen LogP contribution in [0.25, 0.3) is 5.69 Å². The number of amides is 1. The van der Waals surface area contributed by atoms with E-state index in [9.17, 15) is 22.8 Å². The zero-order valence-electron chi connectivity index (χ0n) is 12.2. The van der Waals surface area contributed by atoms with Crippen LogP contribution in [0, 0.1) is 0 Å². The first-order chi connectivity index (χ1) is 11.3. The summed E-state index contributed by atoms with van der Waals surface area (Å²) in [5.74, 6) is -0.932. The number of carbonyl (C=O) groups excluding carboxylic acids is 2. The average Bonchev–Trinajstić information content (AvgIpc) is 3.17. The number of cyclic esters (lactones) is 1. The van der Waals surface area contributed by atoms with Crippen LogP contribution in [0.2, 0.25) is 0 Å². The molecular formula is C15H12F3N3O3. The minimum Gasteiger partial charge on any atom is -0.464 e. The number of nitrogens with one attached hydrogen (secondary N) is 1. The number of nitrogens with zero attached hydrogens (tertiary/aromatic N) is 2. The van der Waals surface area contributed by atoms with Crippen molar-refractivity contribution in [2.45, 2.75) is 18.6 Å². The topological polar surface area (TPSA) is 73.2 Å². The lowest BCUT2D eigenvalue weighted by atomic mass is 10.1. The van der Waals surface area contributed by atoms with E-state index < -0.39 is 29.8 Å². The molecule has 0 bridgehead atoms. The highest BCUT2D eigenvalue weighted by molar-refractivity contribution is 5.97. The highest BCUT2D eigenvalue weighted by Crippen LogP contribution is 2.27. The molecule has 1 aromatic heterocycles. The van der Waals surface area contributed by atoms with Crippen molar-refractivity contribution in [3.8, 4) is 5.69 Å². The van der Waals surface area contributed by atoms with Gasteiger partial charge in [0.2, 0.25) is 0 Å². The normalized spacial score (nSPS) is 17.6. The molecule has 0 saturated carbocycles. The third-order valence-corrected chi connectivity index (χ3v) is 3.51. The van der Waals surface area contributed by atoms with Crippen LogP contribution >= 0.6 is 0 Å². The van der Waals surface area contributed by atoms with E-state index in [0.29, 0.717) is 12.1 Å². The number of alkyl halides is 3. The van der Waals surface area contributed by atoms with Crippen molar-refractivity contribution >= 4 is 11.9 Å². The number of esters is 1. The number of aromatic nitrogens is 2. The molecule has 0 radical (unpaired) electrons. The minimum absolute atomic E-state index is 0.267. The van der Waals surface area contributed by atoms with Gasteiger partial charge in [0.1, 0.15) is 6.04 Å². The number of ether oxygens (including phenoxy) is 1. The summed E-state index contributed by atoms with van der Waals surface area (Å²) in [4.78, 5) is 23.4. The minimum atomic E-state index is -4.51. The van der Waals surface area contributed by atoms with Crippen molar-refractivity contribution in [2.75, 3.05) is 6.61 Å². The van der Waals surface area contributed by atoms with Gasteiger partial charge in [-0.05, 0) is 30.3 Å². The molecule has 1 saturated heterocycles. The highest BCUT2D eigenvalue weighted by Gasteiger charge is 2.33. The summed E-state index contributed by atoms with van der Waals surface area (Å²) < 4.78 is 43.5. The second-order valence-corrected chi connectivity index (χ2v) is 5.17. The van der Waals surface area contributed by atoms with Gasteiger partial charge in [-0.1, -0.05) is 0 Å². The summed E-state index contributed by atoms with van der Waals surface area (Å²) in [5.41, 5.74) is -0.340. The van der Waals surface area contributed by atoms with Crippen molar-refractivity contribution in [2.24, 2.45) is 0 Å². The standard InChI is InChI=1S/C15H12F3N3O3/c16-15(17,18)12-5-7-21(20-12)10-3-1-9(2-4-10)13(22)19-11-6-8-24-14(11)23/h1-5,7,11H,6,8H2,(H,19,22)/t11-/m0/s1. The van der Waals surface area contributed by atoms with Crippen LogP contribution in [0.5, 0.6) is 0 Å². The van der Waals surface area contributed by atoms with E-state index in [1.165, 1.54) is 30.5 Å². The van der Waals surface area contributed by atoms with Crippen LogP contribution in [-0.2, 0) is 15.7 Å². The van der Waals surface area contributed by atoms with E-state index in [1.807, 2.05) is 0 Å². The molecule has 3 rings (SSSR count). The number of halogens is 3. The maximum absolute atomic E-state index is 12.5. The molecule has 2 aromatic rings. The molecule has 1 aliphatic heterocycles. The summed E-state index contributed by atoms with van der Waals surface area (Å²) in [6.07, 6.45) is -2.91. The van der Waals surface area contributed by atoms with E-state index in [1.54, 1.807) is 0 Å². The van der Waals surface area contributed by atoms with Gasteiger partial charge in [-0.25, -0.2) is 9.48 Å². The van der Waals surface area contributed by atoms with Crippen molar-refractivity contribution < 1.29 is 27.5 Å². The zero-order valence-corrected chi connectivity index (χ0v) is 12.2. The Morgan fingerprint density at radius 1 is 1.25 bits per heavy atom. The molecule has 1 fully saturated rings. The summed E-state index contributed by atoms with van der Waals surface area (Å²) in [7, 11) is 0. The molecular weight excluding hydrogens is 327 g/mol. The first-order valence-electron chi connectivity index (χ1n) is 7.05. The molecule has 6 nitrogen and oxygen atoms in total. The number of carbonyl (C=O) groups is 2. The quantitative estimate of drug-likeness (QED) is 0.868. The van der Waals surface area contributed by atoms with Gasteiger partial charge in [-0.2, -0.15) is 18.3 Å². The Bertz CT molecular complexity index is 768. The molecule has 1 amide bonds.